The molecule has 1 aliphatic heterocycles. The minimum atomic E-state index is -0.606. The van der Waals surface area contributed by atoms with Crippen LogP contribution in [0.4, 0.5) is 10.5 Å². The average molecular weight is 729 g/mol. The van der Waals surface area contributed by atoms with Crippen molar-refractivity contribution in [3.63, 3.8) is 0 Å². The first-order valence-corrected chi connectivity index (χ1v) is 18.3. The summed E-state index contributed by atoms with van der Waals surface area (Å²) in [7, 11) is 1.82. The van der Waals surface area contributed by atoms with Gasteiger partial charge in [-0.15, -0.1) is 5.10 Å². The van der Waals surface area contributed by atoms with Crippen molar-refractivity contribution >= 4 is 23.5 Å². The van der Waals surface area contributed by atoms with Gasteiger partial charge in [0.15, 0.2) is 6.29 Å². The van der Waals surface area contributed by atoms with E-state index in [2.05, 4.69) is 45.2 Å². The van der Waals surface area contributed by atoms with Crippen molar-refractivity contribution in [3.8, 4) is 22.6 Å². The number of ether oxygens (including phenoxy) is 3. The molecule has 4 atom stereocenters. The third-order valence-electron chi connectivity index (χ3n) is 9.12. The van der Waals surface area contributed by atoms with E-state index in [1.165, 1.54) is 0 Å². The highest BCUT2D eigenvalue weighted by Crippen LogP contribution is 2.43. The third-order valence-corrected chi connectivity index (χ3v) is 10.2. The van der Waals surface area contributed by atoms with Crippen LogP contribution in [0.3, 0.4) is 0 Å². The van der Waals surface area contributed by atoms with E-state index in [1.807, 2.05) is 110 Å². The predicted molar refractivity (Wildman–Crippen MR) is 203 cm³/mol. The van der Waals surface area contributed by atoms with E-state index in [9.17, 15) is 9.90 Å². The number of benzene rings is 5. The zero-order valence-electron chi connectivity index (χ0n) is 29.3. The molecule has 270 valence electrons. The van der Waals surface area contributed by atoms with Crippen LogP contribution in [0.25, 0.3) is 11.1 Å². The predicted octanol–water partition coefficient (Wildman–Crippen LogP) is 8.07. The highest BCUT2D eigenvalue weighted by atomic mass is 32.2. The van der Waals surface area contributed by atoms with Gasteiger partial charge in [0.05, 0.1) is 18.8 Å². The summed E-state index contributed by atoms with van der Waals surface area (Å²) in [5, 5.41) is 28.0. The molecule has 4 unspecified atom stereocenters. The van der Waals surface area contributed by atoms with Gasteiger partial charge in [0.2, 0.25) is 5.16 Å². The van der Waals surface area contributed by atoms with Crippen LogP contribution in [0.1, 0.15) is 41.6 Å². The summed E-state index contributed by atoms with van der Waals surface area (Å²) in [6.45, 7) is 2.45. The lowest BCUT2D eigenvalue weighted by molar-refractivity contribution is -0.268. The Morgan fingerprint density at radius 1 is 0.849 bits per heavy atom. The van der Waals surface area contributed by atoms with Gasteiger partial charge in [-0.05, 0) is 74.6 Å². The smallest absolute Gasteiger partial charge is 0.319 e. The molecular weight excluding hydrogens is 689 g/mol. The number of anilines is 1. The highest BCUT2D eigenvalue weighted by molar-refractivity contribution is 7.99. The van der Waals surface area contributed by atoms with E-state index in [4.69, 9.17) is 14.2 Å². The molecule has 6 aromatic rings. The summed E-state index contributed by atoms with van der Waals surface area (Å²) < 4.78 is 20.8. The second-order valence-electron chi connectivity index (χ2n) is 12.7. The Bertz CT molecular complexity index is 2100. The molecule has 1 aliphatic rings. The second kappa shape index (κ2) is 16.9. The number of urea groups is 1. The Labute approximate surface area is 312 Å². The fourth-order valence-corrected chi connectivity index (χ4v) is 7.18. The van der Waals surface area contributed by atoms with Gasteiger partial charge >= 0.3 is 6.03 Å². The molecule has 3 N–H and O–H groups in total. The molecule has 12 heteroatoms. The number of aliphatic hydroxyl groups is 1. The van der Waals surface area contributed by atoms with E-state index >= 15 is 0 Å². The molecule has 0 aliphatic carbocycles. The maximum atomic E-state index is 12.9. The van der Waals surface area contributed by atoms with Crippen molar-refractivity contribution in [1.82, 2.24) is 25.5 Å². The van der Waals surface area contributed by atoms with Crippen molar-refractivity contribution in [1.29, 1.82) is 0 Å². The highest BCUT2D eigenvalue weighted by Gasteiger charge is 2.38. The number of hydrogen-bond donors (Lipinski definition) is 3. The normalized spacial score (nSPS) is 18.3. The lowest BCUT2D eigenvalue weighted by Crippen LogP contribution is -2.38. The summed E-state index contributed by atoms with van der Waals surface area (Å²) in [5.74, 6) is 2.10. The topological polar surface area (TPSA) is 133 Å². The average Bonchev–Trinajstić information content (AvgIpc) is 3.62. The van der Waals surface area contributed by atoms with Crippen molar-refractivity contribution in [2.24, 2.45) is 13.0 Å². The summed E-state index contributed by atoms with van der Waals surface area (Å²) in [4.78, 5) is 12.9. The summed E-state index contributed by atoms with van der Waals surface area (Å²) >= 11 is 1.55. The molecule has 7 rings (SSSR count). The van der Waals surface area contributed by atoms with Crippen molar-refractivity contribution in [2.75, 3.05) is 11.1 Å². The molecule has 0 spiro atoms. The van der Waals surface area contributed by atoms with Crippen LogP contribution in [-0.2, 0) is 29.7 Å². The number of carbonyl (C=O) groups excluding carboxylic acids is 1. The molecule has 1 saturated heterocycles. The van der Waals surface area contributed by atoms with Gasteiger partial charge in [-0.3, -0.25) is 0 Å². The lowest BCUT2D eigenvalue weighted by atomic mass is 9.91. The number of hydrogen-bond acceptors (Lipinski definition) is 9. The van der Waals surface area contributed by atoms with Crippen LogP contribution in [0, 0.1) is 5.92 Å². The molecule has 2 heterocycles. The Morgan fingerprint density at radius 3 is 2.26 bits per heavy atom. The number of amides is 2. The number of nitrogens with zero attached hydrogens (tertiary/aromatic N) is 4. The van der Waals surface area contributed by atoms with Gasteiger partial charge < -0.3 is 30.0 Å². The number of tetrazole rings is 1. The van der Waals surface area contributed by atoms with Gasteiger partial charge in [-0.2, -0.15) is 0 Å². The number of para-hydroxylation sites is 1. The van der Waals surface area contributed by atoms with E-state index in [1.54, 1.807) is 28.6 Å². The minimum Gasteiger partial charge on any atom is -0.457 e. The standard InChI is InChI=1S/C41H40N6O5S/c1-27-37(26-53-41-44-45-46-47(41)2)51-39(52-38(27)30-14-12-28(25-48)13-15-30)31-18-16-29(17-19-31)36-11-7-6-8-32(36)24-42-40(49)43-33-20-22-35(23-21-33)50-34-9-4-3-5-10-34/h3-23,27,37-39,48H,24-26H2,1-2H3,(H2,42,43,49). The van der Waals surface area contributed by atoms with E-state index in [-0.39, 0.29) is 30.8 Å². The Kier molecular flexibility index (Phi) is 11.4. The number of nitrogens with one attached hydrogen (secondary N) is 2. The van der Waals surface area contributed by atoms with Gasteiger partial charge in [0.1, 0.15) is 11.5 Å². The molecule has 0 radical (unpaired) electrons. The largest absolute Gasteiger partial charge is 0.457 e. The summed E-state index contributed by atoms with van der Waals surface area (Å²) in [5.41, 5.74) is 6.40. The summed E-state index contributed by atoms with van der Waals surface area (Å²) in [6.07, 6.45) is -0.996. The number of carbonyl (C=O) groups is 1. The maximum Gasteiger partial charge on any atom is 0.319 e. The molecule has 0 saturated carbocycles. The van der Waals surface area contributed by atoms with Crippen LogP contribution < -0.4 is 15.4 Å². The van der Waals surface area contributed by atoms with Crippen LogP contribution in [0.2, 0.25) is 0 Å². The number of aromatic nitrogens is 4. The van der Waals surface area contributed by atoms with Crippen molar-refractivity contribution in [3.05, 3.63) is 150 Å². The fraction of sp³-hybridized carbons (Fsp3) is 0.220. The van der Waals surface area contributed by atoms with E-state index in [0.717, 1.165) is 39.1 Å². The van der Waals surface area contributed by atoms with Crippen LogP contribution >= 0.6 is 11.8 Å². The molecule has 2 amide bonds. The second-order valence-corrected chi connectivity index (χ2v) is 13.7. The van der Waals surface area contributed by atoms with E-state index < -0.39 is 6.29 Å². The first-order valence-electron chi connectivity index (χ1n) is 17.4. The molecular formula is C41H40N6O5S. The molecule has 1 aromatic heterocycles. The zero-order chi connectivity index (χ0) is 36.6. The Balaban J connectivity index is 1.01. The van der Waals surface area contributed by atoms with Crippen LogP contribution in [-0.4, -0.2) is 43.2 Å². The number of aliphatic hydroxyl groups excluding tert-OH is 1. The minimum absolute atomic E-state index is 0.0166. The molecule has 1 fully saturated rings. The fourth-order valence-electron chi connectivity index (χ4n) is 6.17. The van der Waals surface area contributed by atoms with Gasteiger partial charge in [0.25, 0.3) is 0 Å². The summed E-state index contributed by atoms with van der Waals surface area (Å²) in [6, 6.07) is 40.5. The Hall–Kier alpha value is -5.53. The lowest BCUT2D eigenvalue weighted by Gasteiger charge is -2.41. The van der Waals surface area contributed by atoms with Gasteiger partial charge in [0, 0.05) is 36.5 Å². The molecule has 0 bridgehead atoms. The number of thioether (sulfide) groups is 1. The monoisotopic (exact) mass is 728 g/mol. The van der Waals surface area contributed by atoms with Crippen molar-refractivity contribution in [2.45, 2.75) is 43.7 Å². The third kappa shape index (κ3) is 8.93. The first kappa shape index (κ1) is 35.9. The van der Waals surface area contributed by atoms with Crippen LogP contribution in [0.5, 0.6) is 11.5 Å². The van der Waals surface area contributed by atoms with Crippen molar-refractivity contribution < 1.29 is 24.1 Å². The SMILES string of the molecule is CC1C(CSc2nnnn2C)OC(c2ccc(-c3ccccc3CNC(=O)Nc3ccc(Oc4ccccc4)cc3)cc2)OC1c1ccc(CO)cc1. The first-order chi connectivity index (χ1) is 25.9. The number of rotatable bonds is 12. The van der Waals surface area contributed by atoms with Gasteiger partial charge in [-0.1, -0.05) is 110 Å². The maximum absolute atomic E-state index is 12.9. The molecule has 53 heavy (non-hydrogen) atoms. The van der Waals surface area contributed by atoms with E-state index in [0.29, 0.717) is 28.9 Å². The van der Waals surface area contributed by atoms with Gasteiger partial charge in [-0.25, -0.2) is 9.48 Å². The number of aryl methyl sites for hydroxylation is 1. The zero-order valence-corrected chi connectivity index (χ0v) is 30.1. The van der Waals surface area contributed by atoms with Crippen LogP contribution in [0.15, 0.2) is 133 Å². The molecule has 5 aromatic carbocycles. The Morgan fingerprint density at radius 2 is 1.55 bits per heavy atom. The quantitative estimate of drug-likeness (QED) is 0.107. The molecule has 11 nitrogen and oxygen atoms in total.